The van der Waals surface area contributed by atoms with Crippen LogP contribution < -0.4 is 11.5 Å². The first-order valence-corrected chi connectivity index (χ1v) is 5.83. The highest BCUT2D eigenvalue weighted by Crippen LogP contribution is 2.23. The predicted octanol–water partition coefficient (Wildman–Crippen LogP) is 2.62. The van der Waals surface area contributed by atoms with E-state index in [1.807, 2.05) is 12.1 Å². The smallest absolute Gasteiger partial charge is 0.0419 e. The molecular formula is C15H18N2. The first-order chi connectivity index (χ1) is 8.20. The number of hydrogen-bond donors (Lipinski definition) is 2. The van der Waals surface area contributed by atoms with Gasteiger partial charge in [0.2, 0.25) is 0 Å². The summed E-state index contributed by atoms with van der Waals surface area (Å²) in [6.45, 7) is 2.57. The molecule has 0 aliphatic rings. The first kappa shape index (κ1) is 11.8. The first-order valence-electron chi connectivity index (χ1n) is 5.83. The van der Waals surface area contributed by atoms with Crippen molar-refractivity contribution in [3.05, 3.63) is 59.7 Å². The maximum atomic E-state index is 5.95. The SMILES string of the molecule is Cc1cccc(-c2cccc(C(N)CN)c2)c1. The van der Waals surface area contributed by atoms with Crippen molar-refractivity contribution in [2.75, 3.05) is 6.54 Å². The zero-order valence-corrected chi connectivity index (χ0v) is 10.1. The van der Waals surface area contributed by atoms with E-state index in [0.717, 1.165) is 5.56 Å². The Bertz CT molecular complexity index is 506. The van der Waals surface area contributed by atoms with Gasteiger partial charge in [-0.3, -0.25) is 0 Å². The monoisotopic (exact) mass is 226 g/mol. The topological polar surface area (TPSA) is 52.0 Å². The van der Waals surface area contributed by atoms with Gasteiger partial charge in [-0.25, -0.2) is 0 Å². The Morgan fingerprint density at radius 1 is 1.00 bits per heavy atom. The van der Waals surface area contributed by atoms with E-state index in [9.17, 15) is 0 Å². The second kappa shape index (κ2) is 5.13. The third-order valence-corrected chi connectivity index (χ3v) is 2.92. The summed E-state index contributed by atoms with van der Waals surface area (Å²) in [6.07, 6.45) is 0. The molecule has 1 atom stereocenters. The van der Waals surface area contributed by atoms with E-state index in [1.165, 1.54) is 16.7 Å². The van der Waals surface area contributed by atoms with Crippen LogP contribution in [0, 0.1) is 6.92 Å². The fourth-order valence-electron chi connectivity index (χ4n) is 1.91. The molecule has 2 aromatic rings. The molecule has 2 nitrogen and oxygen atoms in total. The molecule has 1 unspecified atom stereocenters. The summed E-state index contributed by atoms with van der Waals surface area (Å²) >= 11 is 0. The van der Waals surface area contributed by atoms with Gasteiger partial charge in [0.15, 0.2) is 0 Å². The lowest BCUT2D eigenvalue weighted by molar-refractivity contribution is 0.737. The van der Waals surface area contributed by atoms with Gasteiger partial charge in [0.1, 0.15) is 0 Å². The number of benzene rings is 2. The van der Waals surface area contributed by atoms with Gasteiger partial charge >= 0.3 is 0 Å². The van der Waals surface area contributed by atoms with E-state index in [0.29, 0.717) is 6.54 Å². The van der Waals surface area contributed by atoms with Crippen molar-refractivity contribution in [2.45, 2.75) is 13.0 Å². The second-order valence-corrected chi connectivity index (χ2v) is 4.34. The van der Waals surface area contributed by atoms with E-state index in [-0.39, 0.29) is 6.04 Å². The lowest BCUT2D eigenvalue weighted by atomic mass is 9.99. The van der Waals surface area contributed by atoms with Crippen molar-refractivity contribution >= 4 is 0 Å². The van der Waals surface area contributed by atoms with Crippen LogP contribution in [0.5, 0.6) is 0 Å². The summed E-state index contributed by atoms with van der Waals surface area (Å²) < 4.78 is 0. The Morgan fingerprint density at radius 2 is 1.65 bits per heavy atom. The van der Waals surface area contributed by atoms with Gasteiger partial charge in [0.05, 0.1) is 0 Å². The third kappa shape index (κ3) is 2.73. The zero-order chi connectivity index (χ0) is 12.3. The fraction of sp³-hybridized carbons (Fsp3) is 0.200. The number of rotatable bonds is 3. The van der Waals surface area contributed by atoms with Crippen LogP contribution in [-0.2, 0) is 0 Å². The van der Waals surface area contributed by atoms with Crippen LogP contribution in [-0.4, -0.2) is 6.54 Å². The molecule has 4 N–H and O–H groups in total. The van der Waals surface area contributed by atoms with Crippen LogP contribution in [0.4, 0.5) is 0 Å². The summed E-state index contributed by atoms with van der Waals surface area (Å²) in [5.74, 6) is 0. The molecule has 0 heterocycles. The molecule has 0 fully saturated rings. The standard InChI is InChI=1S/C15H18N2/c1-11-4-2-5-12(8-11)13-6-3-7-14(9-13)15(17)10-16/h2-9,15H,10,16-17H2,1H3. The molecule has 0 spiro atoms. The van der Waals surface area contributed by atoms with Crippen molar-refractivity contribution < 1.29 is 0 Å². The van der Waals surface area contributed by atoms with Crippen molar-refractivity contribution in [2.24, 2.45) is 11.5 Å². The van der Waals surface area contributed by atoms with E-state index < -0.39 is 0 Å². The van der Waals surface area contributed by atoms with E-state index in [1.54, 1.807) is 0 Å². The zero-order valence-electron chi connectivity index (χ0n) is 10.1. The van der Waals surface area contributed by atoms with Gasteiger partial charge in [-0.05, 0) is 29.7 Å². The molecule has 0 radical (unpaired) electrons. The molecule has 0 saturated heterocycles. The summed E-state index contributed by atoms with van der Waals surface area (Å²) in [6, 6.07) is 16.6. The van der Waals surface area contributed by atoms with Crippen LogP contribution in [0.1, 0.15) is 17.2 Å². The molecule has 0 amide bonds. The van der Waals surface area contributed by atoms with Crippen LogP contribution in [0.3, 0.4) is 0 Å². The van der Waals surface area contributed by atoms with Gasteiger partial charge in [-0.15, -0.1) is 0 Å². The molecule has 0 saturated carbocycles. The minimum Gasteiger partial charge on any atom is -0.329 e. The lowest BCUT2D eigenvalue weighted by Gasteiger charge is -2.11. The molecule has 0 aliphatic carbocycles. The van der Waals surface area contributed by atoms with Crippen molar-refractivity contribution in [1.29, 1.82) is 0 Å². The lowest BCUT2D eigenvalue weighted by Crippen LogP contribution is -2.20. The van der Waals surface area contributed by atoms with E-state index in [4.69, 9.17) is 11.5 Å². The quantitative estimate of drug-likeness (QED) is 0.845. The Balaban J connectivity index is 2.39. The average Bonchev–Trinajstić information content (AvgIpc) is 2.38. The molecular weight excluding hydrogens is 208 g/mol. The van der Waals surface area contributed by atoms with Crippen molar-refractivity contribution in [3.8, 4) is 11.1 Å². The average molecular weight is 226 g/mol. The van der Waals surface area contributed by atoms with Crippen LogP contribution in [0.25, 0.3) is 11.1 Å². The fourth-order valence-corrected chi connectivity index (χ4v) is 1.91. The Morgan fingerprint density at radius 3 is 2.29 bits per heavy atom. The van der Waals surface area contributed by atoms with Crippen LogP contribution in [0.2, 0.25) is 0 Å². The number of hydrogen-bond acceptors (Lipinski definition) is 2. The van der Waals surface area contributed by atoms with Crippen LogP contribution in [0.15, 0.2) is 48.5 Å². The molecule has 0 aliphatic heterocycles. The van der Waals surface area contributed by atoms with Gasteiger partial charge in [-0.1, -0.05) is 48.0 Å². The van der Waals surface area contributed by atoms with E-state index >= 15 is 0 Å². The van der Waals surface area contributed by atoms with Gasteiger partial charge in [0.25, 0.3) is 0 Å². The molecule has 0 aromatic heterocycles. The summed E-state index contributed by atoms with van der Waals surface area (Å²) in [7, 11) is 0. The summed E-state index contributed by atoms with van der Waals surface area (Å²) in [5, 5.41) is 0. The van der Waals surface area contributed by atoms with Crippen molar-refractivity contribution in [1.82, 2.24) is 0 Å². The molecule has 88 valence electrons. The highest BCUT2D eigenvalue weighted by Gasteiger charge is 2.05. The summed E-state index contributed by atoms with van der Waals surface area (Å²) in [4.78, 5) is 0. The van der Waals surface area contributed by atoms with E-state index in [2.05, 4.69) is 43.3 Å². The molecule has 0 bridgehead atoms. The summed E-state index contributed by atoms with van der Waals surface area (Å²) in [5.41, 5.74) is 16.3. The number of nitrogens with two attached hydrogens (primary N) is 2. The van der Waals surface area contributed by atoms with Gasteiger partial charge in [0, 0.05) is 12.6 Å². The Kier molecular flexibility index (Phi) is 3.57. The Labute approximate surface area is 102 Å². The molecule has 2 rings (SSSR count). The minimum atomic E-state index is -0.0836. The van der Waals surface area contributed by atoms with Gasteiger partial charge < -0.3 is 11.5 Å². The van der Waals surface area contributed by atoms with Crippen LogP contribution >= 0.6 is 0 Å². The Hall–Kier alpha value is -1.64. The highest BCUT2D eigenvalue weighted by atomic mass is 14.7. The molecule has 17 heavy (non-hydrogen) atoms. The minimum absolute atomic E-state index is 0.0836. The third-order valence-electron chi connectivity index (χ3n) is 2.92. The molecule has 2 aromatic carbocycles. The molecule has 2 heteroatoms. The number of aryl methyl sites for hydroxylation is 1. The highest BCUT2D eigenvalue weighted by molar-refractivity contribution is 5.65. The van der Waals surface area contributed by atoms with Gasteiger partial charge in [-0.2, -0.15) is 0 Å². The maximum absolute atomic E-state index is 5.95. The van der Waals surface area contributed by atoms with Crippen molar-refractivity contribution in [3.63, 3.8) is 0 Å². The normalized spacial score (nSPS) is 12.4. The second-order valence-electron chi connectivity index (χ2n) is 4.34. The maximum Gasteiger partial charge on any atom is 0.0419 e. The predicted molar refractivity (Wildman–Crippen MR) is 72.6 cm³/mol. The largest absolute Gasteiger partial charge is 0.329 e.